The summed E-state index contributed by atoms with van der Waals surface area (Å²) in [7, 11) is 4.45. The summed E-state index contributed by atoms with van der Waals surface area (Å²) in [6, 6.07) is 0.789. The summed E-state index contributed by atoms with van der Waals surface area (Å²) < 4.78 is 0. The van der Waals surface area contributed by atoms with E-state index in [2.05, 4.69) is 29.2 Å². The fraction of sp³-hybridized carbons (Fsp3) is 1.00. The zero-order valence-electron chi connectivity index (χ0n) is 11.6. The van der Waals surface area contributed by atoms with Crippen molar-refractivity contribution in [3.63, 3.8) is 0 Å². The van der Waals surface area contributed by atoms with Gasteiger partial charge >= 0.3 is 0 Å². The van der Waals surface area contributed by atoms with Gasteiger partial charge in [0, 0.05) is 12.6 Å². The summed E-state index contributed by atoms with van der Waals surface area (Å²) in [6.07, 6.45) is 6.98. The second-order valence-corrected chi connectivity index (χ2v) is 6.04. The van der Waals surface area contributed by atoms with Crippen LogP contribution in [0.25, 0.3) is 0 Å². The van der Waals surface area contributed by atoms with Gasteiger partial charge in [-0.05, 0) is 78.3 Å². The average Bonchev–Trinajstić information content (AvgIpc) is 2.38. The first-order valence-electron chi connectivity index (χ1n) is 7.35. The fourth-order valence-electron chi connectivity index (χ4n) is 3.19. The Morgan fingerprint density at radius 3 is 2.65 bits per heavy atom. The number of likely N-dealkylation sites (tertiary alicyclic amines) is 1. The molecule has 0 aromatic rings. The Bertz CT molecular complexity index is 212. The van der Waals surface area contributed by atoms with Gasteiger partial charge in [0.05, 0.1) is 0 Å². The van der Waals surface area contributed by atoms with Crippen LogP contribution in [-0.4, -0.2) is 62.7 Å². The number of nitrogens with one attached hydrogen (secondary N) is 1. The molecule has 0 aromatic heterocycles. The van der Waals surface area contributed by atoms with Crippen molar-refractivity contribution in [3.05, 3.63) is 0 Å². The highest BCUT2D eigenvalue weighted by Crippen LogP contribution is 2.19. The normalized spacial score (nSPS) is 28.8. The minimum atomic E-state index is 0.789. The molecule has 0 bridgehead atoms. The second kappa shape index (κ2) is 6.72. The third kappa shape index (κ3) is 4.23. The first kappa shape index (κ1) is 13.3. The molecule has 1 atom stereocenters. The molecule has 0 spiro atoms. The Morgan fingerprint density at radius 1 is 1.18 bits per heavy atom. The summed E-state index contributed by atoms with van der Waals surface area (Å²) in [5.74, 6) is 0.982. The molecular formula is C14H29N3. The Hall–Kier alpha value is -0.120. The maximum Gasteiger partial charge on any atom is 0.0217 e. The van der Waals surface area contributed by atoms with Crippen molar-refractivity contribution in [2.45, 2.75) is 38.1 Å². The van der Waals surface area contributed by atoms with Crippen LogP contribution in [0.1, 0.15) is 32.1 Å². The predicted octanol–water partition coefficient (Wildman–Crippen LogP) is 1.40. The topological polar surface area (TPSA) is 18.5 Å². The van der Waals surface area contributed by atoms with Crippen LogP contribution in [0.5, 0.6) is 0 Å². The van der Waals surface area contributed by atoms with Crippen LogP contribution >= 0.6 is 0 Å². The molecule has 2 fully saturated rings. The van der Waals surface area contributed by atoms with Crippen LogP contribution in [0.4, 0.5) is 0 Å². The van der Waals surface area contributed by atoms with Crippen molar-refractivity contribution in [1.82, 2.24) is 15.1 Å². The van der Waals surface area contributed by atoms with Crippen molar-refractivity contribution in [1.29, 1.82) is 0 Å². The summed E-state index contributed by atoms with van der Waals surface area (Å²) in [5.41, 5.74) is 0. The van der Waals surface area contributed by atoms with Gasteiger partial charge in [-0.25, -0.2) is 0 Å². The zero-order chi connectivity index (χ0) is 12.1. The SMILES string of the molecule is CN(C)C1CCCN(CCC2CCNCC2)C1. The third-order valence-electron chi connectivity index (χ3n) is 4.52. The van der Waals surface area contributed by atoms with E-state index >= 15 is 0 Å². The van der Waals surface area contributed by atoms with Gasteiger partial charge in [-0.2, -0.15) is 0 Å². The van der Waals surface area contributed by atoms with Crippen LogP contribution < -0.4 is 5.32 Å². The Labute approximate surface area is 107 Å². The minimum Gasteiger partial charge on any atom is -0.317 e. The smallest absolute Gasteiger partial charge is 0.0217 e. The third-order valence-corrected chi connectivity index (χ3v) is 4.52. The number of nitrogens with zero attached hydrogens (tertiary/aromatic N) is 2. The first-order valence-corrected chi connectivity index (χ1v) is 7.35. The van der Waals surface area contributed by atoms with Gasteiger partial charge < -0.3 is 15.1 Å². The number of hydrogen-bond donors (Lipinski definition) is 1. The molecule has 17 heavy (non-hydrogen) atoms. The van der Waals surface area contributed by atoms with E-state index in [1.165, 1.54) is 64.8 Å². The molecule has 2 heterocycles. The Kier molecular flexibility index (Phi) is 5.26. The lowest BCUT2D eigenvalue weighted by Crippen LogP contribution is -2.45. The summed E-state index contributed by atoms with van der Waals surface area (Å²) in [6.45, 7) is 6.43. The molecule has 2 aliphatic rings. The molecule has 0 aromatic carbocycles. The highest BCUT2D eigenvalue weighted by atomic mass is 15.2. The molecule has 0 radical (unpaired) electrons. The molecule has 2 saturated heterocycles. The lowest BCUT2D eigenvalue weighted by Gasteiger charge is -2.37. The van der Waals surface area contributed by atoms with Crippen molar-refractivity contribution in [2.24, 2.45) is 5.92 Å². The molecule has 3 nitrogen and oxygen atoms in total. The number of hydrogen-bond acceptors (Lipinski definition) is 3. The largest absolute Gasteiger partial charge is 0.317 e. The van der Waals surface area contributed by atoms with Gasteiger partial charge in [0.25, 0.3) is 0 Å². The zero-order valence-corrected chi connectivity index (χ0v) is 11.6. The van der Waals surface area contributed by atoms with E-state index in [9.17, 15) is 0 Å². The van der Waals surface area contributed by atoms with Crippen LogP contribution in [0.3, 0.4) is 0 Å². The van der Waals surface area contributed by atoms with Gasteiger partial charge in [-0.3, -0.25) is 0 Å². The van der Waals surface area contributed by atoms with E-state index < -0.39 is 0 Å². The van der Waals surface area contributed by atoms with Crippen LogP contribution in [0.15, 0.2) is 0 Å². The maximum atomic E-state index is 3.45. The molecule has 1 N–H and O–H groups in total. The van der Waals surface area contributed by atoms with Gasteiger partial charge in [0.1, 0.15) is 0 Å². The Morgan fingerprint density at radius 2 is 1.94 bits per heavy atom. The van der Waals surface area contributed by atoms with E-state index in [1.54, 1.807) is 0 Å². The van der Waals surface area contributed by atoms with E-state index in [0.29, 0.717) is 0 Å². The number of likely N-dealkylation sites (N-methyl/N-ethyl adjacent to an activating group) is 1. The van der Waals surface area contributed by atoms with E-state index in [-0.39, 0.29) is 0 Å². The van der Waals surface area contributed by atoms with Crippen LogP contribution in [0, 0.1) is 5.92 Å². The van der Waals surface area contributed by atoms with E-state index in [0.717, 1.165) is 12.0 Å². The van der Waals surface area contributed by atoms with Gasteiger partial charge in [0.15, 0.2) is 0 Å². The molecule has 1 unspecified atom stereocenters. The summed E-state index contributed by atoms with van der Waals surface area (Å²) in [5, 5.41) is 3.45. The molecule has 0 aliphatic carbocycles. The predicted molar refractivity (Wildman–Crippen MR) is 73.4 cm³/mol. The van der Waals surface area contributed by atoms with Crippen molar-refractivity contribution in [3.8, 4) is 0 Å². The van der Waals surface area contributed by atoms with Crippen LogP contribution in [-0.2, 0) is 0 Å². The highest BCUT2D eigenvalue weighted by Gasteiger charge is 2.22. The Balaban J connectivity index is 1.67. The molecule has 0 saturated carbocycles. The monoisotopic (exact) mass is 239 g/mol. The molecular weight excluding hydrogens is 210 g/mol. The highest BCUT2D eigenvalue weighted by molar-refractivity contribution is 4.79. The first-order chi connectivity index (χ1) is 8.25. The summed E-state index contributed by atoms with van der Waals surface area (Å²) in [4.78, 5) is 5.09. The van der Waals surface area contributed by atoms with Crippen LogP contribution in [0.2, 0.25) is 0 Å². The van der Waals surface area contributed by atoms with Crippen molar-refractivity contribution < 1.29 is 0 Å². The van der Waals surface area contributed by atoms with E-state index in [1.807, 2.05) is 0 Å². The average molecular weight is 239 g/mol. The number of rotatable bonds is 4. The molecule has 3 heteroatoms. The maximum absolute atomic E-state index is 3.45. The lowest BCUT2D eigenvalue weighted by atomic mass is 9.94. The minimum absolute atomic E-state index is 0.789. The second-order valence-electron chi connectivity index (χ2n) is 6.04. The van der Waals surface area contributed by atoms with Crippen molar-refractivity contribution in [2.75, 3.05) is 46.8 Å². The van der Waals surface area contributed by atoms with E-state index in [4.69, 9.17) is 0 Å². The van der Waals surface area contributed by atoms with Crippen molar-refractivity contribution >= 4 is 0 Å². The fourth-order valence-corrected chi connectivity index (χ4v) is 3.19. The van der Waals surface area contributed by atoms with Gasteiger partial charge in [-0.15, -0.1) is 0 Å². The molecule has 0 amide bonds. The number of piperidine rings is 2. The van der Waals surface area contributed by atoms with Gasteiger partial charge in [-0.1, -0.05) is 0 Å². The molecule has 2 rings (SSSR count). The summed E-state index contributed by atoms with van der Waals surface area (Å²) >= 11 is 0. The quantitative estimate of drug-likeness (QED) is 0.800. The molecule has 100 valence electrons. The molecule has 2 aliphatic heterocycles. The standard InChI is InChI=1S/C14H29N3/c1-16(2)14-4-3-10-17(12-14)11-7-13-5-8-15-9-6-13/h13-15H,3-12H2,1-2H3. The van der Waals surface area contributed by atoms with Gasteiger partial charge in [0.2, 0.25) is 0 Å². The lowest BCUT2D eigenvalue weighted by molar-refractivity contribution is 0.125.